The fourth-order valence-electron chi connectivity index (χ4n) is 2.89. The number of benzene rings is 2. The van der Waals surface area contributed by atoms with Crippen LogP contribution in [0.5, 0.6) is 5.75 Å². The van der Waals surface area contributed by atoms with E-state index in [0.717, 1.165) is 22.9 Å². The number of hydrogen-bond acceptors (Lipinski definition) is 4. The predicted molar refractivity (Wildman–Crippen MR) is 103 cm³/mol. The standard InChI is InChI=1S/C21H25BO4/c1-15-11-19(24-14-16-9-7-6-8-10-16)17(13-23)12-18(15)22-25-20(2,3)21(4,5)26-22/h6-13H,14H2,1-5H3. The second kappa shape index (κ2) is 6.90. The van der Waals surface area contributed by atoms with E-state index in [0.29, 0.717) is 17.9 Å². The van der Waals surface area contributed by atoms with Gasteiger partial charge in [0.2, 0.25) is 0 Å². The molecule has 0 N–H and O–H groups in total. The Kier molecular flexibility index (Phi) is 4.95. The summed E-state index contributed by atoms with van der Waals surface area (Å²) in [6.45, 7) is 10.4. The van der Waals surface area contributed by atoms with Gasteiger partial charge in [-0.3, -0.25) is 4.79 Å². The second-order valence-corrected chi connectivity index (χ2v) is 7.73. The van der Waals surface area contributed by atoms with Crippen molar-refractivity contribution >= 4 is 18.9 Å². The zero-order valence-electron chi connectivity index (χ0n) is 16.0. The molecule has 0 saturated carbocycles. The van der Waals surface area contributed by atoms with Crippen molar-refractivity contribution in [3.05, 3.63) is 59.2 Å². The van der Waals surface area contributed by atoms with Gasteiger partial charge in [-0.05, 0) is 63.3 Å². The van der Waals surface area contributed by atoms with Gasteiger partial charge in [-0.2, -0.15) is 0 Å². The van der Waals surface area contributed by atoms with Crippen molar-refractivity contribution in [3.63, 3.8) is 0 Å². The summed E-state index contributed by atoms with van der Waals surface area (Å²) in [5.41, 5.74) is 2.53. The molecule has 1 fully saturated rings. The van der Waals surface area contributed by atoms with Crippen LogP contribution in [-0.2, 0) is 15.9 Å². The Morgan fingerprint density at radius 2 is 1.65 bits per heavy atom. The first-order chi connectivity index (χ1) is 12.2. The van der Waals surface area contributed by atoms with Crippen LogP contribution < -0.4 is 10.2 Å². The van der Waals surface area contributed by atoms with Gasteiger partial charge in [0.25, 0.3) is 0 Å². The summed E-state index contributed by atoms with van der Waals surface area (Å²) in [6.07, 6.45) is 0.814. The van der Waals surface area contributed by atoms with E-state index in [1.54, 1.807) is 0 Å². The molecule has 136 valence electrons. The minimum absolute atomic E-state index is 0.414. The molecule has 0 aromatic heterocycles. The van der Waals surface area contributed by atoms with E-state index < -0.39 is 18.3 Å². The Morgan fingerprint density at radius 3 is 2.23 bits per heavy atom. The monoisotopic (exact) mass is 352 g/mol. The minimum atomic E-state index is -0.498. The summed E-state index contributed by atoms with van der Waals surface area (Å²) < 4.78 is 18.1. The summed E-state index contributed by atoms with van der Waals surface area (Å²) in [4.78, 5) is 11.6. The van der Waals surface area contributed by atoms with Crippen LogP contribution in [0.2, 0.25) is 0 Å². The van der Waals surface area contributed by atoms with Gasteiger partial charge in [0.1, 0.15) is 12.4 Å². The van der Waals surface area contributed by atoms with E-state index in [4.69, 9.17) is 14.0 Å². The van der Waals surface area contributed by atoms with Crippen molar-refractivity contribution in [2.24, 2.45) is 0 Å². The van der Waals surface area contributed by atoms with Crippen molar-refractivity contribution in [1.29, 1.82) is 0 Å². The predicted octanol–water partition coefficient (Wildman–Crippen LogP) is 3.69. The van der Waals surface area contributed by atoms with E-state index >= 15 is 0 Å². The zero-order valence-corrected chi connectivity index (χ0v) is 16.0. The molecule has 0 amide bonds. The molecular formula is C21H25BO4. The van der Waals surface area contributed by atoms with Crippen LogP contribution in [0, 0.1) is 6.92 Å². The average molecular weight is 352 g/mol. The van der Waals surface area contributed by atoms with E-state index in [1.807, 2.05) is 77.1 Å². The second-order valence-electron chi connectivity index (χ2n) is 7.73. The Bertz CT molecular complexity index is 783. The average Bonchev–Trinajstić information content (AvgIpc) is 2.81. The maximum atomic E-state index is 11.6. The lowest BCUT2D eigenvalue weighted by molar-refractivity contribution is 0.00578. The molecule has 0 unspecified atom stereocenters. The van der Waals surface area contributed by atoms with Crippen molar-refractivity contribution in [2.75, 3.05) is 0 Å². The summed E-state index contributed by atoms with van der Waals surface area (Å²) in [6, 6.07) is 13.6. The van der Waals surface area contributed by atoms with Gasteiger partial charge in [0, 0.05) is 0 Å². The van der Waals surface area contributed by atoms with E-state index in [9.17, 15) is 4.79 Å². The highest BCUT2D eigenvalue weighted by molar-refractivity contribution is 6.62. The molecule has 1 saturated heterocycles. The highest BCUT2D eigenvalue weighted by Gasteiger charge is 2.52. The zero-order chi connectivity index (χ0) is 18.9. The third-order valence-corrected chi connectivity index (χ3v) is 5.27. The highest BCUT2D eigenvalue weighted by atomic mass is 16.7. The number of aldehydes is 1. The Morgan fingerprint density at radius 1 is 1.04 bits per heavy atom. The van der Waals surface area contributed by atoms with Crippen LogP contribution in [0.1, 0.15) is 49.2 Å². The SMILES string of the molecule is Cc1cc(OCc2ccccc2)c(C=O)cc1B1OC(C)(C)C(C)(C)O1. The summed E-state index contributed by atoms with van der Waals surface area (Å²) in [7, 11) is -0.498. The maximum Gasteiger partial charge on any atom is 0.495 e. The van der Waals surface area contributed by atoms with Crippen molar-refractivity contribution < 1.29 is 18.8 Å². The largest absolute Gasteiger partial charge is 0.495 e. The minimum Gasteiger partial charge on any atom is -0.488 e. The molecule has 1 heterocycles. The van der Waals surface area contributed by atoms with Gasteiger partial charge in [-0.15, -0.1) is 0 Å². The van der Waals surface area contributed by atoms with Crippen LogP contribution in [0.4, 0.5) is 0 Å². The molecule has 0 atom stereocenters. The lowest BCUT2D eigenvalue weighted by Crippen LogP contribution is -2.41. The molecule has 4 nitrogen and oxygen atoms in total. The quantitative estimate of drug-likeness (QED) is 0.608. The molecule has 0 spiro atoms. The van der Waals surface area contributed by atoms with Crippen LogP contribution in [0.3, 0.4) is 0 Å². The first-order valence-corrected chi connectivity index (χ1v) is 8.85. The summed E-state index contributed by atoms with van der Waals surface area (Å²) in [5.74, 6) is 0.571. The third kappa shape index (κ3) is 3.55. The van der Waals surface area contributed by atoms with Gasteiger partial charge < -0.3 is 14.0 Å². The van der Waals surface area contributed by atoms with E-state index in [1.165, 1.54) is 0 Å². The normalized spacial score (nSPS) is 18.0. The van der Waals surface area contributed by atoms with E-state index in [2.05, 4.69) is 0 Å². The highest BCUT2D eigenvalue weighted by Crippen LogP contribution is 2.37. The summed E-state index contributed by atoms with van der Waals surface area (Å²) >= 11 is 0. The number of carbonyl (C=O) groups excluding carboxylic acids is 1. The van der Waals surface area contributed by atoms with Gasteiger partial charge in [0.05, 0.1) is 16.8 Å². The van der Waals surface area contributed by atoms with Crippen molar-refractivity contribution in [1.82, 2.24) is 0 Å². The van der Waals surface area contributed by atoms with Crippen LogP contribution in [0.15, 0.2) is 42.5 Å². The van der Waals surface area contributed by atoms with Crippen molar-refractivity contribution in [2.45, 2.75) is 52.4 Å². The van der Waals surface area contributed by atoms with Crippen LogP contribution in [-0.4, -0.2) is 24.6 Å². The Hall–Kier alpha value is -2.11. The Balaban J connectivity index is 1.85. The molecule has 26 heavy (non-hydrogen) atoms. The molecule has 0 aliphatic carbocycles. The molecule has 1 aliphatic heterocycles. The summed E-state index contributed by atoms with van der Waals surface area (Å²) in [5, 5.41) is 0. The topological polar surface area (TPSA) is 44.8 Å². The Labute approximate surface area is 155 Å². The van der Waals surface area contributed by atoms with E-state index in [-0.39, 0.29) is 0 Å². The van der Waals surface area contributed by atoms with Gasteiger partial charge in [0.15, 0.2) is 6.29 Å². The smallest absolute Gasteiger partial charge is 0.488 e. The molecule has 0 radical (unpaired) electrons. The lowest BCUT2D eigenvalue weighted by Gasteiger charge is -2.32. The fraction of sp³-hybridized carbons (Fsp3) is 0.381. The lowest BCUT2D eigenvalue weighted by atomic mass is 9.75. The first-order valence-electron chi connectivity index (χ1n) is 8.85. The maximum absolute atomic E-state index is 11.6. The number of carbonyl (C=O) groups is 1. The number of hydrogen-bond donors (Lipinski definition) is 0. The number of aryl methyl sites for hydroxylation is 1. The first kappa shape index (κ1) is 18.7. The van der Waals surface area contributed by atoms with Crippen molar-refractivity contribution in [3.8, 4) is 5.75 Å². The molecule has 2 aromatic rings. The molecule has 5 heteroatoms. The number of ether oxygens (including phenoxy) is 1. The molecule has 2 aromatic carbocycles. The van der Waals surface area contributed by atoms with Gasteiger partial charge in [-0.25, -0.2) is 0 Å². The molecule has 0 bridgehead atoms. The fourth-order valence-corrected chi connectivity index (χ4v) is 2.89. The van der Waals surface area contributed by atoms with Gasteiger partial charge >= 0.3 is 7.12 Å². The van der Waals surface area contributed by atoms with Crippen LogP contribution in [0.25, 0.3) is 0 Å². The third-order valence-electron chi connectivity index (χ3n) is 5.27. The number of rotatable bonds is 5. The van der Waals surface area contributed by atoms with Crippen LogP contribution >= 0.6 is 0 Å². The molecule has 3 rings (SSSR count). The molecule has 1 aliphatic rings. The van der Waals surface area contributed by atoms with Gasteiger partial charge in [-0.1, -0.05) is 30.3 Å². The molecular weight excluding hydrogens is 327 g/mol.